The van der Waals surface area contributed by atoms with Gasteiger partial charge in [0.2, 0.25) is 0 Å². The first-order valence-electron chi connectivity index (χ1n) is 7.20. The Morgan fingerprint density at radius 1 is 1.33 bits per heavy atom. The van der Waals surface area contributed by atoms with Gasteiger partial charge in [0.1, 0.15) is 11.6 Å². The molecule has 2 aromatic rings. The molecule has 1 aromatic carbocycles. The molecule has 0 saturated carbocycles. The van der Waals surface area contributed by atoms with E-state index in [9.17, 15) is 5.11 Å². The number of nitrogens with zero attached hydrogens (tertiary/aromatic N) is 1. The SMILES string of the molecule is COc1ccc(C(O)CCCCCc2ncc[nH]2)c(Cl)c1. The molecule has 0 aliphatic rings. The maximum atomic E-state index is 10.2. The predicted molar refractivity (Wildman–Crippen MR) is 83.7 cm³/mol. The van der Waals surface area contributed by atoms with Crippen LogP contribution in [-0.4, -0.2) is 22.2 Å². The topological polar surface area (TPSA) is 58.1 Å². The number of halogens is 1. The summed E-state index contributed by atoms with van der Waals surface area (Å²) in [6.45, 7) is 0. The summed E-state index contributed by atoms with van der Waals surface area (Å²) in [6, 6.07) is 5.38. The molecule has 0 bridgehead atoms. The minimum atomic E-state index is -0.521. The zero-order valence-corrected chi connectivity index (χ0v) is 12.9. The third-order valence-corrected chi connectivity index (χ3v) is 3.84. The molecule has 21 heavy (non-hydrogen) atoms. The van der Waals surface area contributed by atoms with Crippen LogP contribution in [0.5, 0.6) is 5.75 Å². The van der Waals surface area contributed by atoms with E-state index in [2.05, 4.69) is 9.97 Å². The van der Waals surface area contributed by atoms with Crippen molar-refractivity contribution < 1.29 is 9.84 Å². The predicted octanol–water partition coefficient (Wildman–Crippen LogP) is 3.91. The first kappa shape index (κ1) is 15.9. The lowest BCUT2D eigenvalue weighted by Gasteiger charge is -2.13. The molecule has 0 spiro atoms. The number of aromatic amines is 1. The number of aliphatic hydroxyl groups excluding tert-OH is 1. The van der Waals surface area contributed by atoms with Crippen LogP contribution in [0.15, 0.2) is 30.6 Å². The van der Waals surface area contributed by atoms with E-state index in [-0.39, 0.29) is 0 Å². The number of unbranched alkanes of at least 4 members (excludes halogenated alkanes) is 2. The van der Waals surface area contributed by atoms with Gasteiger partial charge >= 0.3 is 0 Å². The minimum absolute atomic E-state index is 0.521. The van der Waals surface area contributed by atoms with E-state index in [1.807, 2.05) is 18.3 Å². The lowest BCUT2D eigenvalue weighted by Crippen LogP contribution is -1.99. The van der Waals surface area contributed by atoms with Crippen molar-refractivity contribution in [2.75, 3.05) is 7.11 Å². The van der Waals surface area contributed by atoms with Crippen LogP contribution < -0.4 is 4.74 Å². The number of rotatable bonds is 8. The van der Waals surface area contributed by atoms with Gasteiger partial charge in [0.15, 0.2) is 0 Å². The molecule has 2 rings (SSSR count). The average Bonchev–Trinajstić information content (AvgIpc) is 2.99. The fourth-order valence-electron chi connectivity index (χ4n) is 2.30. The molecule has 0 radical (unpaired) electrons. The van der Waals surface area contributed by atoms with Crippen LogP contribution in [-0.2, 0) is 6.42 Å². The van der Waals surface area contributed by atoms with E-state index in [0.29, 0.717) is 17.2 Å². The monoisotopic (exact) mass is 308 g/mol. The lowest BCUT2D eigenvalue weighted by atomic mass is 10.0. The Kier molecular flexibility index (Phi) is 6.08. The van der Waals surface area contributed by atoms with Crippen molar-refractivity contribution in [1.82, 2.24) is 9.97 Å². The van der Waals surface area contributed by atoms with E-state index >= 15 is 0 Å². The van der Waals surface area contributed by atoms with Gasteiger partial charge in [0.25, 0.3) is 0 Å². The second kappa shape index (κ2) is 8.05. The lowest BCUT2D eigenvalue weighted by molar-refractivity contribution is 0.163. The van der Waals surface area contributed by atoms with Crippen LogP contribution >= 0.6 is 11.6 Å². The molecule has 114 valence electrons. The Morgan fingerprint density at radius 3 is 2.86 bits per heavy atom. The number of benzene rings is 1. The third kappa shape index (κ3) is 4.76. The quantitative estimate of drug-likeness (QED) is 0.727. The van der Waals surface area contributed by atoms with Crippen molar-refractivity contribution in [1.29, 1.82) is 0 Å². The molecular formula is C16H21ClN2O2. The van der Waals surface area contributed by atoms with Crippen LogP contribution in [0.25, 0.3) is 0 Å². The zero-order valence-electron chi connectivity index (χ0n) is 12.2. The highest BCUT2D eigenvalue weighted by Gasteiger charge is 2.12. The summed E-state index contributed by atoms with van der Waals surface area (Å²) in [6.07, 6.45) is 7.84. The standard InChI is InChI=1S/C16H21ClN2O2/c1-21-12-7-8-13(14(17)11-12)15(20)5-3-2-4-6-16-18-9-10-19-16/h7-11,15,20H,2-6H2,1H3,(H,18,19). The largest absolute Gasteiger partial charge is 0.497 e. The number of methoxy groups -OCH3 is 1. The molecule has 0 aliphatic carbocycles. The van der Waals surface area contributed by atoms with Gasteiger partial charge in [-0.05, 0) is 30.5 Å². The maximum absolute atomic E-state index is 10.2. The second-order valence-electron chi connectivity index (χ2n) is 5.04. The summed E-state index contributed by atoms with van der Waals surface area (Å²) in [4.78, 5) is 7.28. The van der Waals surface area contributed by atoms with Crippen molar-refractivity contribution in [3.05, 3.63) is 47.0 Å². The van der Waals surface area contributed by atoms with Crippen molar-refractivity contribution >= 4 is 11.6 Å². The number of hydrogen-bond acceptors (Lipinski definition) is 3. The molecule has 0 saturated heterocycles. The van der Waals surface area contributed by atoms with E-state index in [1.54, 1.807) is 19.4 Å². The summed E-state index contributed by atoms with van der Waals surface area (Å²) < 4.78 is 5.10. The van der Waals surface area contributed by atoms with Crippen LogP contribution in [0.2, 0.25) is 5.02 Å². The Balaban J connectivity index is 1.72. The van der Waals surface area contributed by atoms with Crippen molar-refractivity contribution in [3.63, 3.8) is 0 Å². The van der Waals surface area contributed by atoms with Crippen LogP contribution in [0.3, 0.4) is 0 Å². The van der Waals surface area contributed by atoms with Crippen molar-refractivity contribution in [2.24, 2.45) is 0 Å². The van der Waals surface area contributed by atoms with E-state index in [0.717, 1.165) is 37.1 Å². The molecule has 4 nitrogen and oxygen atoms in total. The van der Waals surface area contributed by atoms with E-state index in [1.165, 1.54) is 0 Å². The summed E-state index contributed by atoms with van der Waals surface area (Å²) in [5, 5.41) is 10.8. The first-order chi connectivity index (χ1) is 10.2. The van der Waals surface area contributed by atoms with Gasteiger partial charge in [0, 0.05) is 18.8 Å². The third-order valence-electron chi connectivity index (χ3n) is 3.51. The summed E-state index contributed by atoms with van der Waals surface area (Å²) >= 11 is 6.16. The highest BCUT2D eigenvalue weighted by molar-refractivity contribution is 6.31. The van der Waals surface area contributed by atoms with Gasteiger partial charge in [-0.2, -0.15) is 0 Å². The first-order valence-corrected chi connectivity index (χ1v) is 7.58. The normalized spacial score (nSPS) is 12.3. The van der Waals surface area contributed by atoms with Crippen LogP contribution in [0.1, 0.15) is 43.2 Å². The number of imidazole rings is 1. The Morgan fingerprint density at radius 2 is 2.19 bits per heavy atom. The maximum Gasteiger partial charge on any atom is 0.120 e. The Bertz CT molecular complexity index is 543. The van der Waals surface area contributed by atoms with Gasteiger partial charge in [-0.3, -0.25) is 0 Å². The number of aryl methyl sites for hydroxylation is 1. The molecule has 0 fully saturated rings. The summed E-state index contributed by atoms with van der Waals surface area (Å²) in [7, 11) is 1.60. The fourth-order valence-corrected chi connectivity index (χ4v) is 2.60. The highest BCUT2D eigenvalue weighted by Crippen LogP contribution is 2.29. The van der Waals surface area contributed by atoms with Crippen molar-refractivity contribution in [2.45, 2.75) is 38.2 Å². The number of aromatic nitrogens is 2. The van der Waals surface area contributed by atoms with Gasteiger partial charge < -0.3 is 14.8 Å². The van der Waals surface area contributed by atoms with Gasteiger partial charge in [-0.1, -0.05) is 30.5 Å². The molecule has 1 aromatic heterocycles. The molecule has 2 N–H and O–H groups in total. The summed E-state index contributed by atoms with van der Waals surface area (Å²) in [5.41, 5.74) is 0.767. The summed E-state index contributed by atoms with van der Waals surface area (Å²) in [5.74, 6) is 1.73. The van der Waals surface area contributed by atoms with Gasteiger partial charge in [0.05, 0.1) is 18.2 Å². The zero-order chi connectivity index (χ0) is 15.1. The number of H-pyrrole nitrogens is 1. The number of ether oxygens (including phenoxy) is 1. The fraction of sp³-hybridized carbons (Fsp3) is 0.438. The smallest absolute Gasteiger partial charge is 0.120 e. The highest BCUT2D eigenvalue weighted by atomic mass is 35.5. The van der Waals surface area contributed by atoms with E-state index in [4.69, 9.17) is 16.3 Å². The molecule has 1 unspecified atom stereocenters. The van der Waals surface area contributed by atoms with Crippen LogP contribution in [0.4, 0.5) is 0 Å². The van der Waals surface area contributed by atoms with Gasteiger partial charge in [-0.25, -0.2) is 4.98 Å². The molecular weight excluding hydrogens is 288 g/mol. The van der Waals surface area contributed by atoms with E-state index < -0.39 is 6.10 Å². The molecule has 0 aliphatic heterocycles. The van der Waals surface area contributed by atoms with Crippen molar-refractivity contribution in [3.8, 4) is 5.75 Å². The minimum Gasteiger partial charge on any atom is -0.497 e. The second-order valence-corrected chi connectivity index (χ2v) is 5.45. The van der Waals surface area contributed by atoms with Crippen LogP contribution in [0, 0.1) is 0 Å². The average molecular weight is 309 g/mol. The molecule has 5 heteroatoms. The number of nitrogens with one attached hydrogen (secondary N) is 1. The Hall–Kier alpha value is -1.52. The molecule has 0 amide bonds. The number of aliphatic hydroxyl groups is 1. The number of hydrogen-bond donors (Lipinski definition) is 2. The Labute approximate surface area is 130 Å². The molecule has 1 atom stereocenters. The van der Waals surface area contributed by atoms with Gasteiger partial charge in [-0.15, -0.1) is 0 Å². The molecule has 1 heterocycles.